The van der Waals surface area contributed by atoms with Crippen LogP contribution in [0.2, 0.25) is 0 Å². The van der Waals surface area contributed by atoms with Crippen LogP contribution in [0.3, 0.4) is 0 Å². The van der Waals surface area contributed by atoms with Crippen molar-refractivity contribution >= 4 is 11.7 Å². The summed E-state index contributed by atoms with van der Waals surface area (Å²) in [5.41, 5.74) is 2.68. The van der Waals surface area contributed by atoms with E-state index in [1.54, 1.807) is 0 Å². The first-order valence-corrected chi connectivity index (χ1v) is 4.65. The van der Waals surface area contributed by atoms with E-state index in [4.69, 9.17) is 5.11 Å². The molecule has 3 nitrogen and oxygen atoms in total. The topological polar surface area (TPSA) is 49.7 Å². The highest BCUT2D eigenvalue weighted by molar-refractivity contribution is 5.90. The maximum Gasteiger partial charge on any atom is 0.335 e. The average Bonchev–Trinajstić information content (AvgIpc) is 2.10. The van der Waals surface area contributed by atoms with Gasteiger partial charge in [-0.3, -0.25) is 4.99 Å². The minimum atomic E-state index is -0.993. The Morgan fingerprint density at radius 1 is 1.27 bits per heavy atom. The molecule has 0 amide bonds. The molecule has 0 spiro atoms. The fraction of sp³-hybridized carbons (Fsp3) is 0.333. The van der Waals surface area contributed by atoms with Crippen LogP contribution in [0.4, 0.5) is 0 Å². The lowest BCUT2D eigenvalue weighted by Crippen LogP contribution is -1.98. The molecule has 0 aliphatic carbocycles. The van der Waals surface area contributed by atoms with Crippen LogP contribution in [-0.4, -0.2) is 16.8 Å². The van der Waals surface area contributed by atoms with E-state index in [1.807, 2.05) is 27.7 Å². The van der Waals surface area contributed by atoms with Crippen LogP contribution >= 0.6 is 0 Å². The van der Waals surface area contributed by atoms with E-state index in [0.29, 0.717) is 5.70 Å². The lowest BCUT2D eigenvalue weighted by Gasteiger charge is -2.01. The van der Waals surface area contributed by atoms with E-state index in [2.05, 4.69) is 11.6 Å². The van der Waals surface area contributed by atoms with Crippen molar-refractivity contribution in [3.63, 3.8) is 0 Å². The molecular weight excluding hydrogens is 190 g/mol. The third-order valence-electron chi connectivity index (χ3n) is 1.62. The van der Waals surface area contributed by atoms with Gasteiger partial charge in [0.15, 0.2) is 0 Å². The largest absolute Gasteiger partial charge is 0.478 e. The number of nitrogens with zero attached hydrogens (tertiary/aromatic N) is 1. The van der Waals surface area contributed by atoms with Crippen molar-refractivity contribution in [2.24, 2.45) is 4.99 Å². The second kappa shape index (κ2) is 5.96. The van der Waals surface area contributed by atoms with Gasteiger partial charge >= 0.3 is 5.97 Å². The van der Waals surface area contributed by atoms with Crippen molar-refractivity contribution < 1.29 is 9.90 Å². The van der Waals surface area contributed by atoms with Gasteiger partial charge in [0.05, 0.1) is 11.3 Å². The molecule has 0 bridgehead atoms. The number of hydrogen-bond acceptors (Lipinski definition) is 2. The maximum absolute atomic E-state index is 10.8. The predicted molar refractivity (Wildman–Crippen MR) is 63.1 cm³/mol. The molecule has 0 aromatic heterocycles. The molecule has 0 fully saturated rings. The Morgan fingerprint density at radius 3 is 2.07 bits per heavy atom. The van der Waals surface area contributed by atoms with Crippen LogP contribution in [0.15, 0.2) is 40.6 Å². The van der Waals surface area contributed by atoms with Crippen LogP contribution in [0.25, 0.3) is 0 Å². The predicted octanol–water partition coefficient (Wildman–Crippen LogP) is 2.96. The number of aliphatic imine (C=N–C) groups is 1. The van der Waals surface area contributed by atoms with Gasteiger partial charge in [0.2, 0.25) is 0 Å². The third kappa shape index (κ3) is 4.96. The fourth-order valence-electron chi connectivity index (χ4n) is 0.885. The van der Waals surface area contributed by atoms with Gasteiger partial charge in [0.25, 0.3) is 0 Å². The fourth-order valence-corrected chi connectivity index (χ4v) is 0.885. The summed E-state index contributed by atoms with van der Waals surface area (Å²) < 4.78 is 0. The standard InChI is InChI=1S/C12H17NO2/c1-6-10(12(14)15)7-11(8(2)3)13-9(4)5/h6-7H,1H2,2-5H3,(H,14,15)/b10-7+. The molecule has 0 radical (unpaired) electrons. The van der Waals surface area contributed by atoms with Crippen LogP contribution in [0.5, 0.6) is 0 Å². The molecular formula is C12H17NO2. The molecule has 0 atom stereocenters. The van der Waals surface area contributed by atoms with Gasteiger partial charge in [-0.25, -0.2) is 4.79 Å². The molecule has 0 aliphatic heterocycles. The summed E-state index contributed by atoms with van der Waals surface area (Å²) in [5.74, 6) is -0.993. The molecule has 0 rings (SSSR count). The second-order valence-electron chi connectivity index (χ2n) is 3.55. The number of aliphatic carboxylic acids is 1. The SMILES string of the molecule is C=C/C(=C\C(N=C(C)C)=C(C)C)C(=O)O. The first-order chi connectivity index (χ1) is 6.88. The van der Waals surface area contributed by atoms with E-state index in [-0.39, 0.29) is 5.57 Å². The van der Waals surface area contributed by atoms with Crippen molar-refractivity contribution in [1.29, 1.82) is 0 Å². The van der Waals surface area contributed by atoms with Crippen molar-refractivity contribution in [1.82, 2.24) is 0 Å². The number of carboxylic acids is 1. The lowest BCUT2D eigenvalue weighted by atomic mass is 10.1. The van der Waals surface area contributed by atoms with E-state index in [1.165, 1.54) is 12.2 Å². The van der Waals surface area contributed by atoms with Crippen LogP contribution in [0.1, 0.15) is 27.7 Å². The molecule has 0 aromatic rings. The van der Waals surface area contributed by atoms with Gasteiger partial charge in [-0.05, 0) is 33.8 Å². The molecule has 0 heterocycles. The molecule has 0 unspecified atom stereocenters. The number of carbonyl (C=O) groups is 1. The van der Waals surface area contributed by atoms with Crippen LogP contribution in [-0.2, 0) is 4.79 Å². The zero-order chi connectivity index (χ0) is 12.0. The molecule has 82 valence electrons. The summed E-state index contributed by atoms with van der Waals surface area (Å²) in [6, 6.07) is 0. The molecule has 1 N–H and O–H groups in total. The van der Waals surface area contributed by atoms with Gasteiger partial charge in [-0.2, -0.15) is 0 Å². The van der Waals surface area contributed by atoms with Crippen molar-refractivity contribution in [2.45, 2.75) is 27.7 Å². The third-order valence-corrected chi connectivity index (χ3v) is 1.62. The van der Waals surface area contributed by atoms with E-state index in [9.17, 15) is 4.79 Å². The van der Waals surface area contributed by atoms with Crippen molar-refractivity contribution in [2.75, 3.05) is 0 Å². The van der Waals surface area contributed by atoms with Gasteiger partial charge in [0, 0.05) is 5.71 Å². The first-order valence-electron chi connectivity index (χ1n) is 4.65. The average molecular weight is 207 g/mol. The Labute approximate surface area is 90.5 Å². The Morgan fingerprint density at radius 2 is 1.80 bits per heavy atom. The summed E-state index contributed by atoms with van der Waals surface area (Å²) in [6.45, 7) is 11.0. The molecule has 0 aromatic carbocycles. The molecule has 0 aliphatic rings. The van der Waals surface area contributed by atoms with Crippen molar-refractivity contribution in [3.05, 3.63) is 35.6 Å². The number of carboxylic acid groups (broad SMARTS) is 1. The summed E-state index contributed by atoms with van der Waals surface area (Å²) in [6.07, 6.45) is 2.84. The Bertz CT molecular complexity index is 352. The Balaban J connectivity index is 5.34. The minimum absolute atomic E-state index is 0.149. The van der Waals surface area contributed by atoms with Gasteiger partial charge in [0.1, 0.15) is 0 Å². The van der Waals surface area contributed by atoms with Crippen LogP contribution < -0.4 is 0 Å². The van der Waals surface area contributed by atoms with E-state index >= 15 is 0 Å². The zero-order valence-corrected chi connectivity index (χ0v) is 9.66. The second-order valence-corrected chi connectivity index (χ2v) is 3.55. The highest BCUT2D eigenvalue weighted by Gasteiger charge is 2.04. The minimum Gasteiger partial charge on any atom is -0.478 e. The summed E-state index contributed by atoms with van der Waals surface area (Å²) >= 11 is 0. The van der Waals surface area contributed by atoms with Gasteiger partial charge in [-0.15, -0.1) is 0 Å². The Hall–Kier alpha value is -1.64. The molecule has 0 saturated heterocycles. The zero-order valence-electron chi connectivity index (χ0n) is 9.66. The van der Waals surface area contributed by atoms with Gasteiger partial charge in [-0.1, -0.05) is 18.2 Å². The Kier molecular flexibility index (Phi) is 5.31. The molecule has 3 heteroatoms. The van der Waals surface area contributed by atoms with Crippen LogP contribution in [0, 0.1) is 0 Å². The highest BCUT2D eigenvalue weighted by Crippen LogP contribution is 2.11. The summed E-state index contributed by atoms with van der Waals surface area (Å²) in [5, 5.41) is 8.83. The highest BCUT2D eigenvalue weighted by atomic mass is 16.4. The van der Waals surface area contributed by atoms with E-state index in [0.717, 1.165) is 11.3 Å². The monoisotopic (exact) mass is 207 g/mol. The number of allylic oxidation sites excluding steroid dienone is 2. The lowest BCUT2D eigenvalue weighted by molar-refractivity contribution is -0.132. The number of hydrogen-bond donors (Lipinski definition) is 1. The van der Waals surface area contributed by atoms with Crippen molar-refractivity contribution in [3.8, 4) is 0 Å². The molecule has 0 saturated carbocycles. The number of rotatable bonds is 4. The van der Waals surface area contributed by atoms with E-state index < -0.39 is 5.97 Å². The quantitative estimate of drug-likeness (QED) is 0.437. The summed E-state index contributed by atoms with van der Waals surface area (Å²) in [4.78, 5) is 15.0. The first kappa shape index (κ1) is 13.4. The summed E-state index contributed by atoms with van der Waals surface area (Å²) in [7, 11) is 0. The normalized spacial score (nSPS) is 10.5. The van der Waals surface area contributed by atoms with Gasteiger partial charge < -0.3 is 5.11 Å². The maximum atomic E-state index is 10.8. The smallest absolute Gasteiger partial charge is 0.335 e. The molecule has 15 heavy (non-hydrogen) atoms.